The quantitative estimate of drug-likeness (QED) is 0.801. The van der Waals surface area contributed by atoms with Gasteiger partial charge in [-0.1, -0.05) is 6.07 Å². The number of halogens is 4. The Kier molecular flexibility index (Phi) is 4.30. The molecule has 0 aromatic heterocycles. The van der Waals surface area contributed by atoms with Crippen LogP contribution in [0.1, 0.15) is 5.56 Å². The Bertz CT molecular complexity index is 381. The van der Waals surface area contributed by atoms with Crippen molar-refractivity contribution in [3.63, 3.8) is 0 Å². The predicted molar refractivity (Wildman–Crippen MR) is 51.8 cm³/mol. The third-order valence-corrected chi connectivity index (χ3v) is 2.05. The topological polar surface area (TPSA) is 55.5 Å². The largest absolute Gasteiger partial charge is 0.490 e. The van der Waals surface area contributed by atoms with Gasteiger partial charge in [0.25, 0.3) is 0 Å². The molecule has 7 heteroatoms. The average Bonchev–Trinajstić information content (AvgIpc) is 2.24. The van der Waals surface area contributed by atoms with Crippen molar-refractivity contribution in [2.75, 3.05) is 6.61 Å². The van der Waals surface area contributed by atoms with Gasteiger partial charge in [-0.2, -0.15) is 13.2 Å². The molecule has 0 aliphatic rings. The zero-order chi connectivity index (χ0) is 13.1. The molecule has 0 bridgehead atoms. The van der Waals surface area contributed by atoms with E-state index >= 15 is 0 Å². The first kappa shape index (κ1) is 13.7. The van der Waals surface area contributed by atoms with Crippen molar-refractivity contribution in [1.82, 2.24) is 0 Å². The fourth-order valence-electron chi connectivity index (χ4n) is 1.14. The molecule has 0 aliphatic carbocycles. The Hall–Kier alpha value is -1.34. The van der Waals surface area contributed by atoms with Gasteiger partial charge in [0.2, 0.25) is 0 Å². The van der Waals surface area contributed by atoms with Gasteiger partial charge in [0.05, 0.1) is 0 Å². The van der Waals surface area contributed by atoms with Crippen molar-refractivity contribution in [3.8, 4) is 5.75 Å². The van der Waals surface area contributed by atoms with E-state index in [4.69, 9.17) is 15.6 Å². The average molecular weight is 253 g/mol. The Labute approximate surface area is 94.8 Å². The smallest absolute Gasteiger partial charge is 0.417 e. The predicted octanol–water partition coefficient (Wildman–Crippen LogP) is 1.59. The summed E-state index contributed by atoms with van der Waals surface area (Å²) in [6.45, 7) is -1.20. The normalized spacial score (nSPS) is 13.5. The van der Waals surface area contributed by atoms with Gasteiger partial charge in [-0.15, -0.1) is 0 Å². The van der Waals surface area contributed by atoms with Gasteiger partial charge in [-0.05, 0) is 12.1 Å². The van der Waals surface area contributed by atoms with Crippen LogP contribution in [0.2, 0.25) is 0 Å². The Morgan fingerprint density at radius 1 is 1.35 bits per heavy atom. The molecule has 0 spiro atoms. The minimum Gasteiger partial charge on any atom is -0.490 e. The number of rotatable bonds is 4. The molecule has 0 fully saturated rings. The molecular formula is C10H11F4NO2. The van der Waals surface area contributed by atoms with E-state index in [1.54, 1.807) is 0 Å². The lowest BCUT2D eigenvalue weighted by Gasteiger charge is -2.16. The van der Waals surface area contributed by atoms with Crippen molar-refractivity contribution in [3.05, 3.63) is 29.6 Å². The maximum absolute atomic E-state index is 13.2. The summed E-state index contributed by atoms with van der Waals surface area (Å²) in [5.74, 6) is -0.762. The first-order valence-corrected chi connectivity index (χ1v) is 4.71. The lowest BCUT2D eigenvalue weighted by Crippen LogP contribution is -2.34. The number of ether oxygens (including phenoxy) is 1. The Balaban J connectivity index is 2.73. The molecule has 0 saturated carbocycles. The number of aliphatic hydroxyl groups excluding tert-OH is 1. The molecule has 96 valence electrons. The van der Waals surface area contributed by atoms with Crippen molar-refractivity contribution in [2.45, 2.75) is 18.8 Å². The first-order chi connectivity index (χ1) is 7.86. The summed E-state index contributed by atoms with van der Waals surface area (Å²) in [5, 5.41) is 8.70. The van der Waals surface area contributed by atoms with Crippen LogP contribution in [0.4, 0.5) is 17.6 Å². The summed E-state index contributed by atoms with van der Waals surface area (Å²) in [6.07, 6.45) is -7.38. The zero-order valence-electron chi connectivity index (χ0n) is 8.67. The van der Waals surface area contributed by atoms with Gasteiger partial charge in [-0.25, -0.2) is 4.39 Å². The van der Waals surface area contributed by atoms with E-state index in [1.165, 1.54) is 12.1 Å². The Morgan fingerprint density at radius 3 is 2.53 bits per heavy atom. The number of hydrogen-bond donors (Lipinski definition) is 2. The van der Waals surface area contributed by atoms with Crippen molar-refractivity contribution >= 4 is 0 Å². The Morgan fingerprint density at radius 2 is 2.00 bits per heavy atom. The van der Waals surface area contributed by atoms with Crippen LogP contribution in [-0.2, 0) is 6.54 Å². The monoisotopic (exact) mass is 253 g/mol. The molecular weight excluding hydrogens is 242 g/mol. The molecule has 0 aliphatic heterocycles. The van der Waals surface area contributed by atoms with Gasteiger partial charge in [0, 0.05) is 12.1 Å². The summed E-state index contributed by atoms with van der Waals surface area (Å²) in [5.41, 5.74) is 5.21. The highest BCUT2D eigenvalue weighted by molar-refractivity contribution is 5.34. The number of alkyl halides is 3. The fourth-order valence-corrected chi connectivity index (χ4v) is 1.14. The highest BCUT2D eigenvalue weighted by Gasteiger charge is 2.38. The lowest BCUT2D eigenvalue weighted by molar-refractivity contribution is -0.210. The maximum atomic E-state index is 13.2. The summed E-state index contributed by atoms with van der Waals surface area (Å²) in [6, 6.07) is 3.69. The minimum absolute atomic E-state index is 0.0260. The standard InChI is InChI=1S/C10H11F4NO2/c11-7-2-1-3-8(6(7)4-15)17-5-9(16)10(12,13)14/h1-3,9,16H,4-5,15H2. The van der Waals surface area contributed by atoms with Crippen LogP contribution < -0.4 is 10.5 Å². The van der Waals surface area contributed by atoms with E-state index in [1.807, 2.05) is 0 Å². The second-order valence-electron chi connectivity index (χ2n) is 3.29. The maximum Gasteiger partial charge on any atom is 0.417 e. The van der Waals surface area contributed by atoms with E-state index in [0.717, 1.165) is 6.07 Å². The number of nitrogens with two attached hydrogens (primary N) is 1. The SMILES string of the molecule is NCc1c(F)cccc1OCC(O)C(F)(F)F. The third kappa shape index (κ3) is 3.57. The second kappa shape index (κ2) is 5.33. The molecule has 0 amide bonds. The summed E-state index contributed by atoms with van der Waals surface area (Å²) in [7, 11) is 0. The molecule has 0 radical (unpaired) electrons. The molecule has 1 unspecified atom stereocenters. The van der Waals surface area contributed by atoms with Gasteiger partial charge < -0.3 is 15.6 Å². The molecule has 1 aromatic carbocycles. The number of benzene rings is 1. The van der Waals surface area contributed by atoms with Crippen LogP contribution in [0.25, 0.3) is 0 Å². The van der Waals surface area contributed by atoms with E-state index < -0.39 is 24.7 Å². The molecule has 1 aromatic rings. The summed E-state index contributed by atoms with van der Waals surface area (Å²) >= 11 is 0. The van der Waals surface area contributed by atoms with E-state index in [2.05, 4.69) is 0 Å². The van der Waals surface area contributed by atoms with Crippen LogP contribution in [0, 0.1) is 5.82 Å². The molecule has 1 atom stereocenters. The van der Waals surface area contributed by atoms with Crippen LogP contribution in [-0.4, -0.2) is 24.0 Å². The fraction of sp³-hybridized carbons (Fsp3) is 0.400. The zero-order valence-corrected chi connectivity index (χ0v) is 8.67. The summed E-state index contributed by atoms with van der Waals surface area (Å²) < 4.78 is 53.8. The highest BCUT2D eigenvalue weighted by atomic mass is 19.4. The molecule has 3 N–H and O–H groups in total. The second-order valence-corrected chi connectivity index (χ2v) is 3.29. The van der Waals surface area contributed by atoms with Crippen molar-refractivity contribution in [1.29, 1.82) is 0 Å². The molecule has 1 rings (SSSR count). The minimum atomic E-state index is -4.77. The van der Waals surface area contributed by atoms with E-state index in [9.17, 15) is 17.6 Å². The van der Waals surface area contributed by atoms with Gasteiger partial charge in [-0.3, -0.25) is 0 Å². The molecule has 17 heavy (non-hydrogen) atoms. The third-order valence-electron chi connectivity index (χ3n) is 2.05. The van der Waals surface area contributed by atoms with Crippen LogP contribution in [0.15, 0.2) is 18.2 Å². The van der Waals surface area contributed by atoms with Crippen molar-refractivity contribution < 1.29 is 27.4 Å². The van der Waals surface area contributed by atoms with Gasteiger partial charge in [0.15, 0.2) is 6.10 Å². The first-order valence-electron chi connectivity index (χ1n) is 4.71. The van der Waals surface area contributed by atoms with E-state index in [-0.39, 0.29) is 17.9 Å². The number of hydrogen-bond acceptors (Lipinski definition) is 3. The lowest BCUT2D eigenvalue weighted by atomic mass is 10.2. The van der Waals surface area contributed by atoms with Gasteiger partial charge >= 0.3 is 6.18 Å². The highest BCUT2D eigenvalue weighted by Crippen LogP contribution is 2.24. The van der Waals surface area contributed by atoms with Crippen molar-refractivity contribution in [2.24, 2.45) is 5.73 Å². The van der Waals surface area contributed by atoms with Crippen LogP contribution in [0.5, 0.6) is 5.75 Å². The summed E-state index contributed by atoms with van der Waals surface area (Å²) in [4.78, 5) is 0. The number of aliphatic hydroxyl groups is 1. The van der Waals surface area contributed by atoms with Gasteiger partial charge in [0.1, 0.15) is 18.2 Å². The van der Waals surface area contributed by atoms with E-state index in [0.29, 0.717) is 0 Å². The van der Waals surface area contributed by atoms with Crippen LogP contribution >= 0.6 is 0 Å². The molecule has 0 heterocycles. The molecule has 0 saturated heterocycles. The molecule has 3 nitrogen and oxygen atoms in total. The van der Waals surface area contributed by atoms with Crippen LogP contribution in [0.3, 0.4) is 0 Å².